The summed E-state index contributed by atoms with van der Waals surface area (Å²) in [5.74, 6) is -0.873. The highest BCUT2D eigenvalue weighted by molar-refractivity contribution is 5.71. The van der Waals surface area contributed by atoms with E-state index in [4.69, 9.17) is 14.2 Å². The van der Waals surface area contributed by atoms with Crippen LogP contribution in [0.3, 0.4) is 0 Å². The van der Waals surface area contributed by atoms with Crippen LogP contribution in [0.2, 0.25) is 0 Å². The van der Waals surface area contributed by atoms with Gasteiger partial charge < -0.3 is 14.2 Å². The molecular formula is C76H134O6. The van der Waals surface area contributed by atoms with Gasteiger partial charge in [0.05, 0.1) is 0 Å². The first-order valence-electron chi connectivity index (χ1n) is 35.6. The van der Waals surface area contributed by atoms with Crippen LogP contribution in [0.1, 0.15) is 361 Å². The minimum absolute atomic E-state index is 0.0781. The van der Waals surface area contributed by atoms with Crippen molar-refractivity contribution >= 4 is 17.9 Å². The van der Waals surface area contributed by atoms with E-state index in [2.05, 4.69) is 106 Å². The lowest BCUT2D eigenvalue weighted by molar-refractivity contribution is -0.167. The fourth-order valence-corrected chi connectivity index (χ4v) is 10.3. The summed E-state index contributed by atoms with van der Waals surface area (Å²) in [5, 5.41) is 0. The predicted octanol–water partition coefficient (Wildman–Crippen LogP) is 24.6. The second kappa shape index (κ2) is 70.1. The third-order valence-corrected chi connectivity index (χ3v) is 15.6. The molecule has 0 aliphatic carbocycles. The SMILES string of the molecule is CC/C=C\C/C=C\C/C=C\C/C=C\CCCCCCCCC(=O)OC(COC(=O)CCCCCCCCCCCCCCCC)COC(=O)CCCCCCCCCCCCCCCCCC/C=C\C/C=C\C/C=C\CCCCCCC. The van der Waals surface area contributed by atoms with Crippen LogP contribution < -0.4 is 0 Å². The van der Waals surface area contributed by atoms with Gasteiger partial charge in [0, 0.05) is 19.3 Å². The Morgan fingerprint density at radius 2 is 0.476 bits per heavy atom. The zero-order valence-corrected chi connectivity index (χ0v) is 54.5. The maximum absolute atomic E-state index is 12.9. The topological polar surface area (TPSA) is 78.9 Å². The molecule has 0 aliphatic rings. The van der Waals surface area contributed by atoms with Crippen molar-refractivity contribution < 1.29 is 28.6 Å². The number of carbonyl (C=O) groups excluding carboxylic acids is 3. The van der Waals surface area contributed by atoms with Crippen molar-refractivity contribution in [1.82, 2.24) is 0 Å². The number of ether oxygens (including phenoxy) is 3. The van der Waals surface area contributed by atoms with Gasteiger partial charge in [-0.2, -0.15) is 0 Å². The maximum atomic E-state index is 12.9. The molecule has 0 amide bonds. The molecule has 0 N–H and O–H groups in total. The number of allylic oxidation sites excluding steroid dienone is 14. The van der Waals surface area contributed by atoms with Gasteiger partial charge in [-0.1, -0.05) is 331 Å². The van der Waals surface area contributed by atoms with Crippen molar-refractivity contribution in [2.45, 2.75) is 367 Å². The minimum atomic E-state index is -0.784. The van der Waals surface area contributed by atoms with Crippen LogP contribution in [0.15, 0.2) is 85.1 Å². The normalized spacial score (nSPS) is 12.6. The molecule has 0 fully saturated rings. The Hall–Kier alpha value is -3.41. The van der Waals surface area contributed by atoms with Crippen molar-refractivity contribution in [3.63, 3.8) is 0 Å². The molecule has 0 aromatic rings. The minimum Gasteiger partial charge on any atom is -0.462 e. The molecule has 0 saturated carbocycles. The average Bonchev–Trinajstić information content (AvgIpc) is 3.47. The molecule has 0 spiro atoms. The second-order valence-electron chi connectivity index (χ2n) is 23.8. The molecule has 0 heterocycles. The Morgan fingerprint density at radius 1 is 0.256 bits per heavy atom. The quantitative estimate of drug-likeness (QED) is 0.0261. The van der Waals surface area contributed by atoms with E-state index in [-0.39, 0.29) is 31.1 Å². The zero-order chi connectivity index (χ0) is 59.2. The van der Waals surface area contributed by atoms with E-state index in [0.717, 1.165) is 109 Å². The number of unbranched alkanes of at least 4 members (excludes halogenated alkanes) is 40. The molecule has 0 radical (unpaired) electrons. The molecule has 6 nitrogen and oxygen atoms in total. The maximum Gasteiger partial charge on any atom is 0.306 e. The standard InChI is InChI=1S/C76H134O6/c1-4-7-10-13-16-19-22-25-28-30-32-33-34-35-36-37-38-39-40-41-42-43-45-46-48-51-54-57-60-63-66-69-75(78)81-72-73(71-80-74(77)68-65-62-59-56-53-50-27-24-21-18-15-12-9-6-3)82-76(79)70-67-64-61-58-55-52-49-47-44-31-29-26-23-20-17-14-11-8-5-2/h8,11,17,20,22,25-26,29-30,32,34-35,44,47,73H,4-7,9-10,12-16,18-19,21,23-24,27-28,31,33,36-43,45-46,48-72H2,1-3H3/b11-8-,20-17-,25-22-,29-26-,32-30-,35-34-,47-44-. The molecule has 0 aromatic carbocycles. The van der Waals surface area contributed by atoms with E-state index < -0.39 is 6.10 Å². The molecule has 6 heteroatoms. The van der Waals surface area contributed by atoms with Crippen molar-refractivity contribution in [1.29, 1.82) is 0 Å². The Kier molecular flexibility index (Phi) is 67.2. The van der Waals surface area contributed by atoms with Crippen molar-refractivity contribution in [3.05, 3.63) is 85.1 Å². The van der Waals surface area contributed by atoms with Gasteiger partial charge in [-0.25, -0.2) is 0 Å². The number of esters is 3. The van der Waals surface area contributed by atoms with Gasteiger partial charge in [-0.15, -0.1) is 0 Å². The van der Waals surface area contributed by atoms with E-state index in [1.54, 1.807) is 0 Å². The highest BCUT2D eigenvalue weighted by Gasteiger charge is 2.19. The van der Waals surface area contributed by atoms with E-state index in [1.165, 1.54) is 212 Å². The summed E-state index contributed by atoms with van der Waals surface area (Å²) in [7, 11) is 0. The smallest absolute Gasteiger partial charge is 0.306 e. The highest BCUT2D eigenvalue weighted by Crippen LogP contribution is 2.18. The number of carbonyl (C=O) groups is 3. The van der Waals surface area contributed by atoms with Crippen LogP contribution in [-0.2, 0) is 28.6 Å². The van der Waals surface area contributed by atoms with Gasteiger partial charge in [0.15, 0.2) is 6.10 Å². The van der Waals surface area contributed by atoms with Gasteiger partial charge in [0.2, 0.25) is 0 Å². The van der Waals surface area contributed by atoms with Crippen molar-refractivity contribution in [2.75, 3.05) is 13.2 Å². The molecule has 0 saturated heterocycles. The summed E-state index contributed by atoms with van der Waals surface area (Å²) in [6.45, 7) is 6.55. The molecule has 0 aromatic heterocycles. The molecule has 0 aliphatic heterocycles. The molecule has 0 bridgehead atoms. The lowest BCUT2D eigenvalue weighted by Crippen LogP contribution is -2.30. The fourth-order valence-electron chi connectivity index (χ4n) is 10.3. The van der Waals surface area contributed by atoms with Crippen LogP contribution in [0, 0.1) is 0 Å². The highest BCUT2D eigenvalue weighted by atomic mass is 16.6. The summed E-state index contributed by atoms with van der Waals surface area (Å²) >= 11 is 0. The number of rotatable bonds is 65. The number of hydrogen-bond acceptors (Lipinski definition) is 6. The molecule has 1 atom stereocenters. The van der Waals surface area contributed by atoms with Crippen LogP contribution in [0.25, 0.3) is 0 Å². The third-order valence-electron chi connectivity index (χ3n) is 15.6. The Labute approximate surface area is 509 Å². The van der Waals surface area contributed by atoms with Crippen LogP contribution >= 0.6 is 0 Å². The van der Waals surface area contributed by atoms with Crippen molar-refractivity contribution in [2.24, 2.45) is 0 Å². The predicted molar refractivity (Wildman–Crippen MR) is 358 cm³/mol. The molecule has 0 rings (SSSR count). The lowest BCUT2D eigenvalue weighted by Gasteiger charge is -2.18. The molecule has 1 unspecified atom stereocenters. The monoisotopic (exact) mass is 1140 g/mol. The largest absolute Gasteiger partial charge is 0.462 e. The molecule has 474 valence electrons. The average molecular weight is 1140 g/mol. The first-order chi connectivity index (χ1) is 40.5. The Morgan fingerprint density at radius 3 is 0.744 bits per heavy atom. The van der Waals surface area contributed by atoms with Crippen LogP contribution in [-0.4, -0.2) is 37.2 Å². The summed E-state index contributed by atoms with van der Waals surface area (Å²) < 4.78 is 17.0. The van der Waals surface area contributed by atoms with Gasteiger partial charge in [0.1, 0.15) is 13.2 Å². The van der Waals surface area contributed by atoms with Crippen molar-refractivity contribution in [3.8, 4) is 0 Å². The van der Waals surface area contributed by atoms with Crippen LogP contribution in [0.4, 0.5) is 0 Å². The van der Waals surface area contributed by atoms with E-state index >= 15 is 0 Å². The van der Waals surface area contributed by atoms with Gasteiger partial charge >= 0.3 is 17.9 Å². The summed E-state index contributed by atoms with van der Waals surface area (Å²) in [6, 6.07) is 0. The van der Waals surface area contributed by atoms with Gasteiger partial charge in [0.25, 0.3) is 0 Å². The fraction of sp³-hybridized carbons (Fsp3) is 0.776. The number of hydrogen-bond donors (Lipinski definition) is 0. The van der Waals surface area contributed by atoms with Crippen LogP contribution in [0.5, 0.6) is 0 Å². The Bertz CT molecular complexity index is 1550. The van der Waals surface area contributed by atoms with E-state index in [1.807, 2.05) is 0 Å². The van der Waals surface area contributed by atoms with E-state index in [9.17, 15) is 14.4 Å². The molecule has 82 heavy (non-hydrogen) atoms. The summed E-state index contributed by atoms with van der Waals surface area (Å²) in [5.41, 5.74) is 0. The summed E-state index contributed by atoms with van der Waals surface area (Å²) in [6.07, 6.45) is 93.3. The zero-order valence-electron chi connectivity index (χ0n) is 54.5. The van der Waals surface area contributed by atoms with E-state index in [0.29, 0.717) is 19.3 Å². The van der Waals surface area contributed by atoms with Gasteiger partial charge in [-0.3, -0.25) is 14.4 Å². The van der Waals surface area contributed by atoms with Gasteiger partial charge in [-0.05, 0) is 96.3 Å². The first kappa shape index (κ1) is 78.6. The molecular weight excluding hydrogens is 1010 g/mol. The lowest BCUT2D eigenvalue weighted by atomic mass is 10.0. The second-order valence-corrected chi connectivity index (χ2v) is 23.8. The third kappa shape index (κ3) is 67.4. The Balaban J connectivity index is 4.23. The summed E-state index contributed by atoms with van der Waals surface area (Å²) in [4.78, 5) is 38.4. The first-order valence-corrected chi connectivity index (χ1v) is 35.6.